The summed E-state index contributed by atoms with van der Waals surface area (Å²) in [6, 6.07) is 9.78. The van der Waals surface area contributed by atoms with E-state index in [9.17, 15) is 9.59 Å². The van der Waals surface area contributed by atoms with Crippen LogP contribution in [0.5, 0.6) is 0 Å². The minimum absolute atomic E-state index is 0.165. The van der Waals surface area contributed by atoms with Crippen molar-refractivity contribution in [2.24, 2.45) is 5.41 Å². The monoisotopic (exact) mass is 273 g/mol. The Balaban J connectivity index is 1.97. The highest BCUT2D eigenvalue weighted by Gasteiger charge is 2.21. The van der Waals surface area contributed by atoms with Crippen molar-refractivity contribution >= 4 is 22.7 Å². The Labute approximate surface area is 117 Å². The minimum Gasteiger partial charge on any atom is -0.338 e. The van der Waals surface area contributed by atoms with Crippen LogP contribution in [0, 0.1) is 5.41 Å². The molecule has 0 atom stereocenters. The number of benzene rings is 1. The van der Waals surface area contributed by atoms with Crippen LogP contribution in [0.3, 0.4) is 0 Å². The fourth-order valence-corrected chi connectivity index (χ4v) is 1.79. The molecule has 0 fully saturated rings. The lowest BCUT2D eigenvalue weighted by molar-refractivity contribution is -0.133. The minimum atomic E-state index is -0.534. The molecule has 0 saturated heterocycles. The first-order chi connectivity index (χ1) is 9.38. The number of amides is 2. The van der Waals surface area contributed by atoms with Crippen LogP contribution < -0.4 is 10.9 Å². The predicted octanol–water partition coefficient (Wildman–Crippen LogP) is 1.83. The summed E-state index contributed by atoms with van der Waals surface area (Å²) in [7, 11) is 0. The van der Waals surface area contributed by atoms with Gasteiger partial charge in [0.05, 0.1) is 0 Å². The lowest BCUT2D eigenvalue weighted by atomic mass is 9.96. The van der Waals surface area contributed by atoms with Gasteiger partial charge in [-0.2, -0.15) is 0 Å². The fraction of sp³-hybridized carbons (Fsp3) is 0.333. The summed E-state index contributed by atoms with van der Waals surface area (Å²) >= 11 is 0. The smallest absolute Gasteiger partial charge is 0.258 e. The third-order valence-electron chi connectivity index (χ3n) is 2.99. The summed E-state index contributed by atoms with van der Waals surface area (Å²) in [5.41, 5.74) is 5.32. The third-order valence-corrected chi connectivity index (χ3v) is 2.99. The summed E-state index contributed by atoms with van der Waals surface area (Å²) in [6.07, 6.45) is 1.86. The molecule has 0 saturated carbocycles. The zero-order chi connectivity index (χ0) is 14.8. The number of fused-ring (bicyclic) bond motifs is 1. The average molecular weight is 273 g/mol. The van der Waals surface area contributed by atoms with Crippen LogP contribution in [-0.2, 0) is 16.1 Å². The molecule has 0 unspecified atom stereocenters. The molecule has 2 rings (SSSR count). The van der Waals surface area contributed by atoms with E-state index in [1.165, 1.54) is 0 Å². The van der Waals surface area contributed by atoms with Gasteiger partial charge in [0.25, 0.3) is 5.91 Å². The summed E-state index contributed by atoms with van der Waals surface area (Å²) in [6.45, 7) is 5.52. The number of hydrazine groups is 1. The summed E-state index contributed by atoms with van der Waals surface area (Å²) in [4.78, 5) is 23.5. The van der Waals surface area contributed by atoms with Gasteiger partial charge in [0, 0.05) is 17.1 Å². The second-order valence-electron chi connectivity index (χ2n) is 5.75. The molecule has 2 aromatic rings. The molecule has 20 heavy (non-hydrogen) atoms. The predicted molar refractivity (Wildman–Crippen MR) is 77.7 cm³/mol. The molecule has 1 aromatic heterocycles. The van der Waals surface area contributed by atoms with Gasteiger partial charge < -0.3 is 4.57 Å². The molecule has 2 N–H and O–H groups in total. The molecule has 0 aliphatic carbocycles. The van der Waals surface area contributed by atoms with Gasteiger partial charge in [-0.15, -0.1) is 0 Å². The van der Waals surface area contributed by atoms with Crippen LogP contribution in [-0.4, -0.2) is 16.4 Å². The summed E-state index contributed by atoms with van der Waals surface area (Å²) < 4.78 is 1.84. The van der Waals surface area contributed by atoms with E-state index in [0.29, 0.717) is 0 Å². The van der Waals surface area contributed by atoms with E-state index < -0.39 is 5.41 Å². The normalized spacial score (nSPS) is 11.3. The topological polar surface area (TPSA) is 63.1 Å². The zero-order valence-corrected chi connectivity index (χ0v) is 11.9. The van der Waals surface area contributed by atoms with Gasteiger partial charge in [0.15, 0.2) is 0 Å². The highest BCUT2D eigenvalue weighted by molar-refractivity contribution is 5.86. The largest absolute Gasteiger partial charge is 0.338 e. The van der Waals surface area contributed by atoms with Gasteiger partial charge in [-0.25, -0.2) is 0 Å². The van der Waals surface area contributed by atoms with Gasteiger partial charge in [-0.3, -0.25) is 20.4 Å². The molecule has 1 aromatic carbocycles. The van der Waals surface area contributed by atoms with Gasteiger partial charge >= 0.3 is 0 Å². The van der Waals surface area contributed by atoms with Crippen molar-refractivity contribution in [3.05, 3.63) is 36.5 Å². The highest BCUT2D eigenvalue weighted by Crippen LogP contribution is 2.14. The van der Waals surface area contributed by atoms with Crippen molar-refractivity contribution in [1.82, 2.24) is 15.4 Å². The number of hydrogen-bond donors (Lipinski definition) is 2. The first-order valence-electron chi connectivity index (χ1n) is 6.51. The van der Waals surface area contributed by atoms with Crippen LogP contribution >= 0.6 is 0 Å². The maximum absolute atomic E-state index is 11.8. The first-order valence-corrected chi connectivity index (χ1v) is 6.51. The van der Waals surface area contributed by atoms with E-state index in [2.05, 4.69) is 10.9 Å². The van der Waals surface area contributed by atoms with Crippen molar-refractivity contribution in [2.45, 2.75) is 27.3 Å². The van der Waals surface area contributed by atoms with Gasteiger partial charge in [-0.05, 0) is 17.5 Å². The first kappa shape index (κ1) is 14.1. The van der Waals surface area contributed by atoms with Crippen LogP contribution in [0.4, 0.5) is 0 Å². The Kier molecular flexibility index (Phi) is 3.79. The number of carbonyl (C=O) groups is 2. The Morgan fingerprint density at radius 1 is 1.10 bits per heavy atom. The number of nitrogens with zero attached hydrogens (tertiary/aromatic N) is 1. The molecule has 0 spiro atoms. The lowest BCUT2D eigenvalue weighted by Crippen LogP contribution is -2.47. The van der Waals surface area contributed by atoms with Crippen LogP contribution in [0.1, 0.15) is 20.8 Å². The van der Waals surface area contributed by atoms with E-state index in [1.807, 2.05) is 41.1 Å². The zero-order valence-electron chi connectivity index (χ0n) is 11.9. The number of hydrogen-bond acceptors (Lipinski definition) is 2. The lowest BCUT2D eigenvalue weighted by Gasteiger charge is -2.18. The molecule has 5 heteroatoms. The van der Waals surface area contributed by atoms with Crippen LogP contribution in [0.15, 0.2) is 36.5 Å². The Morgan fingerprint density at radius 2 is 1.80 bits per heavy atom. The molecule has 5 nitrogen and oxygen atoms in total. The molecular weight excluding hydrogens is 254 g/mol. The Morgan fingerprint density at radius 3 is 2.50 bits per heavy atom. The van der Waals surface area contributed by atoms with Gasteiger partial charge in [-0.1, -0.05) is 39.0 Å². The van der Waals surface area contributed by atoms with Crippen LogP contribution in [0.25, 0.3) is 10.9 Å². The maximum Gasteiger partial charge on any atom is 0.258 e. The summed E-state index contributed by atoms with van der Waals surface area (Å²) in [5.74, 6) is -0.479. The molecular formula is C15H19N3O2. The van der Waals surface area contributed by atoms with E-state index in [0.717, 1.165) is 10.9 Å². The van der Waals surface area contributed by atoms with E-state index in [4.69, 9.17) is 0 Å². The average Bonchev–Trinajstić information content (AvgIpc) is 2.78. The summed E-state index contributed by atoms with van der Waals surface area (Å²) in [5, 5.41) is 1.08. The van der Waals surface area contributed by atoms with E-state index in [-0.39, 0.29) is 18.4 Å². The van der Waals surface area contributed by atoms with Crippen molar-refractivity contribution in [1.29, 1.82) is 0 Å². The fourth-order valence-electron chi connectivity index (χ4n) is 1.79. The molecule has 0 aliphatic heterocycles. The van der Waals surface area contributed by atoms with Gasteiger partial charge in [0.1, 0.15) is 6.54 Å². The SMILES string of the molecule is CC(C)(C)C(=O)NNC(=O)Cn1ccc2ccccc21. The van der Waals surface area contributed by atoms with Crippen LogP contribution in [0.2, 0.25) is 0 Å². The molecule has 2 amide bonds. The number of nitrogens with one attached hydrogen (secondary N) is 2. The third kappa shape index (κ3) is 3.17. The Bertz CT molecular complexity index is 638. The molecule has 106 valence electrons. The van der Waals surface area contributed by atoms with Gasteiger partial charge in [0.2, 0.25) is 5.91 Å². The molecule has 0 bridgehead atoms. The molecule has 0 radical (unpaired) electrons. The Hall–Kier alpha value is -2.30. The number of para-hydroxylation sites is 1. The highest BCUT2D eigenvalue weighted by atomic mass is 16.2. The second kappa shape index (κ2) is 5.36. The molecule has 0 aliphatic rings. The molecule has 1 heterocycles. The number of carbonyl (C=O) groups excluding carboxylic acids is 2. The second-order valence-corrected chi connectivity index (χ2v) is 5.75. The van der Waals surface area contributed by atoms with E-state index in [1.54, 1.807) is 20.8 Å². The number of rotatable bonds is 2. The maximum atomic E-state index is 11.8. The quantitative estimate of drug-likeness (QED) is 0.820. The number of aromatic nitrogens is 1. The van der Waals surface area contributed by atoms with Crippen molar-refractivity contribution in [3.63, 3.8) is 0 Å². The van der Waals surface area contributed by atoms with Crippen molar-refractivity contribution in [2.75, 3.05) is 0 Å². The van der Waals surface area contributed by atoms with Crippen molar-refractivity contribution < 1.29 is 9.59 Å². The standard InChI is InChI=1S/C15H19N3O2/c1-15(2,3)14(20)17-16-13(19)10-18-9-8-11-6-4-5-7-12(11)18/h4-9H,10H2,1-3H3,(H,16,19)(H,17,20). The van der Waals surface area contributed by atoms with Crippen molar-refractivity contribution in [3.8, 4) is 0 Å². The van der Waals surface area contributed by atoms with E-state index >= 15 is 0 Å².